The van der Waals surface area contributed by atoms with Crippen molar-refractivity contribution in [3.63, 3.8) is 0 Å². The van der Waals surface area contributed by atoms with Gasteiger partial charge in [0.2, 0.25) is 5.76 Å². The maximum Gasteiger partial charge on any atom is 0.290 e. The van der Waals surface area contributed by atoms with Gasteiger partial charge in [-0.1, -0.05) is 19.1 Å². The second-order valence-electron chi connectivity index (χ2n) is 8.63. The van der Waals surface area contributed by atoms with Crippen LogP contribution in [0.3, 0.4) is 0 Å². The molecule has 4 rings (SSSR count). The van der Waals surface area contributed by atoms with Crippen LogP contribution in [-0.4, -0.2) is 56.1 Å². The van der Waals surface area contributed by atoms with Gasteiger partial charge in [-0.05, 0) is 69.8 Å². The Morgan fingerprint density at radius 3 is 2.38 bits per heavy atom. The average Bonchev–Trinajstić information content (AvgIpc) is 3.10. The molecule has 7 nitrogen and oxygen atoms in total. The van der Waals surface area contributed by atoms with Crippen molar-refractivity contribution >= 4 is 16.9 Å². The third-order valence-corrected chi connectivity index (χ3v) is 6.11. The van der Waals surface area contributed by atoms with Crippen LogP contribution >= 0.6 is 0 Å². The first-order valence-corrected chi connectivity index (χ1v) is 11.8. The molecular weight excluding hydrogens is 432 g/mol. The lowest BCUT2D eigenvalue weighted by Crippen LogP contribution is -2.35. The molecule has 0 fully saturated rings. The molecule has 180 valence electrons. The number of benzene rings is 2. The van der Waals surface area contributed by atoms with E-state index in [-0.39, 0.29) is 17.1 Å². The number of carbonyl (C=O) groups is 1. The second-order valence-corrected chi connectivity index (χ2v) is 8.63. The van der Waals surface area contributed by atoms with E-state index in [1.165, 1.54) is 0 Å². The molecule has 7 heteroatoms. The van der Waals surface area contributed by atoms with Crippen molar-refractivity contribution in [2.24, 2.45) is 0 Å². The molecule has 0 spiro atoms. The van der Waals surface area contributed by atoms with Crippen LogP contribution in [0.4, 0.5) is 0 Å². The second kappa shape index (κ2) is 9.89. The standard InChI is InChI=1S/C27H32N2O5/c1-6-17-9-11-20-19(15-17)25(30)23-24(29(14-13-28(4)5)27(31)26(23)34-20)18-10-12-21(32-7-2)22(16-18)33-8-3/h9-12,15-16,24H,6-8,13-14H2,1-5H3. The fourth-order valence-electron chi connectivity index (χ4n) is 4.41. The van der Waals surface area contributed by atoms with Gasteiger partial charge in [-0.25, -0.2) is 0 Å². The number of aryl methyl sites for hydroxylation is 1. The number of hydrogen-bond donors (Lipinski definition) is 0. The molecule has 1 aliphatic rings. The Balaban J connectivity index is 1.92. The van der Waals surface area contributed by atoms with Gasteiger partial charge in [0, 0.05) is 13.1 Å². The van der Waals surface area contributed by atoms with Crippen LogP contribution in [0.1, 0.15) is 54.1 Å². The summed E-state index contributed by atoms with van der Waals surface area (Å²) in [5.74, 6) is 1.08. The van der Waals surface area contributed by atoms with E-state index in [1.807, 2.05) is 70.1 Å². The monoisotopic (exact) mass is 464 g/mol. The maximum atomic E-state index is 13.8. The summed E-state index contributed by atoms with van der Waals surface area (Å²) in [6.07, 6.45) is 0.806. The number of fused-ring (bicyclic) bond motifs is 2. The average molecular weight is 465 g/mol. The summed E-state index contributed by atoms with van der Waals surface area (Å²) < 4.78 is 17.6. The molecule has 3 aromatic rings. The Labute approximate surface area is 199 Å². The highest BCUT2D eigenvalue weighted by Gasteiger charge is 2.42. The van der Waals surface area contributed by atoms with Crippen LogP contribution < -0.4 is 14.9 Å². The van der Waals surface area contributed by atoms with E-state index in [4.69, 9.17) is 13.9 Å². The van der Waals surface area contributed by atoms with Gasteiger partial charge in [0.1, 0.15) is 5.58 Å². The molecule has 0 N–H and O–H groups in total. The Bertz CT molecular complexity index is 1260. The summed E-state index contributed by atoms with van der Waals surface area (Å²) in [5.41, 5.74) is 2.49. The summed E-state index contributed by atoms with van der Waals surface area (Å²) in [4.78, 5) is 31.0. The molecule has 1 aliphatic heterocycles. The highest BCUT2D eigenvalue weighted by Crippen LogP contribution is 2.41. The maximum absolute atomic E-state index is 13.8. The van der Waals surface area contributed by atoms with Crippen LogP contribution in [0.15, 0.2) is 45.6 Å². The van der Waals surface area contributed by atoms with Gasteiger partial charge in [-0.3, -0.25) is 9.59 Å². The zero-order valence-electron chi connectivity index (χ0n) is 20.5. The van der Waals surface area contributed by atoms with Crippen molar-refractivity contribution < 1.29 is 18.7 Å². The molecular formula is C27H32N2O5. The largest absolute Gasteiger partial charge is 0.490 e. The van der Waals surface area contributed by atoms with Crippen molar-refractivity contribution in [3.05, 3.63) is 69.1 Å². The third-order valence-electron chi connectivity index (χ3n) is 6.11. The minimum Gasteiger partial charge on any atom is -0.490 e. The lowest BCUT2D eigenvalue weighted by Gasteiger charge is -2.27. The Morgan fingerprint density at radius 1 is 0.971 bits per heavy atom. The summed E-state index contributed by atoms with van der Waals surface area (Å²) in [5, 5.41) is 0.501. The Kier molecular flexibility index (Phi) is 6.93. The van der Waals surface area contributed by atoms with E-state index in [2.05, 4.69) is 0 Å². The third kappa shape index (κ3) is 4.28. The predicted molar refractivity (Wildman–Crippen MR) is 132 cm³/mol. The number of hydrogen-bond acceptors (Lipinski definition) is 6. The molecule has 34 heavy (non-hydrogen) atoms. The number of nitrogens with zero attached hydrogens (tertiary/aromatic N) is 2. The van der Waals surface area contributed by atoms with E-state index < -0.39 is 6.04 Å². The number of ether oxygens (including phenoxy) is 2. The number of rotatable bonds is 9. The first-order chi connectivity index (χ1) is 16.4. The number of amides is 1. The van der Waals surface area contributed by atoms with Crippen LogP contribution in [0, 0.1) is 0 Å². The molecule has 0 radical (unpaired) electrons. The molecule has 0 bridgehead atoms. The van der Waals surface area contributed by atoms with Gasteiger partial charge in [0.25, 0.3) is 5.91 Å². The molecule has 1 amide bonds. The summed E-state index contributed by atoms with van der Waals surface area (Å²) >= 11 is 0. The van der Waals surface area contributed by atoms with Crippen LogP contribution in [0.2, 0.25) is 0 Å². The van der Waals surface area contributed by atoms with Crippen molar-refractivity contribution in [1.82, 2.24) is 9.80 Å². The van der Waals surface area contributed by atoms with Crippen LogP contribution in [-0.2, 0) is 6.42 Å². The quantitative estimate of drug-likeness (QED) is 0.471. The summed E-state index contributed by atoms with van der Waals surface area (Å²) in [7, 11) is 3.91. The molecule has 2 aromatic carbocycles. The van der Waals surface area contributed by atoms with Crippen molar-refractivity contribution in [1.29, 1.82) is 0 Å². The van der Waals surface area contributed by atoms with E-state index in [0.717, 1.165) is 17.5 Å². The van der Waals surface area contributed by atoms with E-state index in [0.29, 0.717) is 54.3 Å². The first-order valence-electron chi connectivity index (χ1n) is 11.8. The normalized spacial score (nSPS) is 15.3. The fourth-order valence-corrected chi connectivity index (χ4v) is 4.41. The Morgan fingerprint density at radius 2 is 1.71 bits per heavy atom. The van der Waals surface area contributed by atoms with E-state index in [1.54, 1.807) is 11.0 Å². The summed E-state index contributed by atoms with van der Waals surface area (Å²) in [6, 6.07) is 10.6. The zero-order valence-corrected chi connectivity index (χ0v) is 20.5. The van der Waals surface area contributed by atoms with Gasteiger partial charge in [0.05, 0.1) is 30.2 Å². The van der Waals surface area contributed by atoms with Gasteiger partial charge in [-0.2, -0.15) is 0 Å². The van der Waals surface area contributed by atoms with Crippen molar-refractivity contribution in [2.75, 3.05) is 40.4 Å². The minimum absolute atomic E-state index is 0.123. The van der Waals surface area contributed by atoms with Gasteiger partial charge >= 0.3 is 0 Å². The molecule has 1 atom stereocenters. The van der Waals surface area contributed by atoms with Gasteiger partial charge in [-0.15, -0.1) is 0 Å². The highest BCUT2D eigenvalue weighted by atomic mass is 16.5. The van der Waals surface area contributed by atoms with Gasteiger partial charge < -0.3 is 23.7 Å². The van der Waals surface area contributed by atoms with E-state index in [9.17, 15) is 9.59 Å². The van der Waals surface area contributed by atoms with Crippen molar-refractivity contribution in [2.45, 2.75) is 33.2 Å². The molecule has 0 aliphatic carbocycles. The Hall–Kier alpha value is -3.32. The number of likely N-dealkylation sites (N-methyl/N-ethyl adjacent to an activating group) is 1. The van der Waals surface area contributed by atoms with Crippen molar-refractivity contribution in [3.8, 4) is 11.5 Å². The highest BCUT2D eigenvalue weighted by molar-refractivity contribution is 5.99. The lowest BCUT2D eigenvalue weighted by atomic mass is 9.97. The molecule has 0 saturated carbocycles. The SMILES string of the molecule is CCOc1ccc(C2c3c(oc4ccc(CC)cc4c3=O)C(=O)N2CCN(C)C)cc1OCC. The molecule has 2 heterocycles. The van der Waals surface area contributed by atoms with E-state index >= 15 is 0 Å². The predicted octanol–water partition coefficient (Wildman–Crippen LogP) is 4.26. The fraction of sp³-hybridized carbons (Fsp3) is 0.407. The summed E-state index contributed by atoms with van der Waals surface area (Å²) in [6.45, 7) is 7.95. The lowest BCUT2D eigenvalue weighted by molar-refractivity contribution is 0.0716. The minimum atomic E-state index is -0.566. The molecule has 1 aromatic heterocycles. The zero-order chi connectivity index (χ0) is 24.4. The first kappa shape index (κ1) is 23.8. The smallest absolute Gasteiger partial charge is 0.290 e. The number of carbonyl (C=O) groups excluding carboxylic acids is 1. The van der Waals surface area contributed by atoms with Crippen LogP contribution in [0.5, 0.6) is 11.5 Å². The molecule has 1 unspecified atom stereocenters. The van der Waals surface area contributed by atoms with Crippen LogP contribution in [0.25, 0.3) is 11.0 Å². The topological polar surface area (TPSA) is 72.2 Å². The molecule has 0 saturated heterocycles. The van der Waals surface area contributed by atoms with Gasteiger partial charge in [0.15, 0.2) is 16.9 Å².